The van der Waals surface area contributed by atoms with E-state index < -0.39 is 23.7 Å². The number of carbonyl (C=O) groups is 3. The number of halogens is 1. The van der Waals surface area contributed by atoms with Crippen molar-refractivity contribution in [2.45, 2.75) is 6.92 Å². The van der Waals surface area contributed by atoms with E-state index in [0.29, 0.717) is 15.8 Å². The molecule has 2 aromatic carbocycles. The van der Waals surface area contributed by atoms with E-state index in [4.69, 9.17) is 9.47 Å². The van der Waals surface area contributed by atoms with Crippen molar-refractivity contribution in [3.05, 3.63) is 63.0 Å². The van der Waals surface area contributed by atoms with Crippen LogP contribution in [-0.2, 0) is 9.59 Å². The number of carboxylic acids is 1. The van der Waals surface area contributed by atoms with Gasteiger partial charge in [-0.3, -0.25) is 14.5 Å². The summed E-state index contributed by atoms with van der Waals surface area (Å²) in [7, 11) is 0. The highest BCUT2D eigenvalue weighted by atomic mass is 79.9. The van der Waals surface area contributed by atoms with Gasteiger partial charge in [-0.2, -0.15) is 0 Å². The van der Waals surface area contributed by atoms with Gasteiger partial charge in [-0.25, -0.2) is 0 Å². The number of aliphatic carboxylic acids is 1. The summed E-state index contributed by atoms with van der Waals surface area (Å²) >= 11 is 4.13. The van der Waals surface area contributed by atoms with Crippen LogP contribution in [0.2, 0.25) is 0 Å². The summed E-state index contributed by atoms with van der Waals surface area (Å²) in [5, 5.41) is 10.3. The van der Waals surface area contributed by atoms with Crippen molar-refractivity contribution >= 4 is 50.9 Å². The lowest BCUT2D eigenvalue weighted by atomic mass is 10.2. The molecular weight excluding hydrogens is 474 g/mol. The summed E-state index contributed by atoms with van der Waals surface area (Å²) in [6.45, 7) is 1.63. The Morgan fingerprint density at radius 3 is 2.60 bits per heavy atom. The van der Waals surface area contributed by atoms with Crippen molar-refractivity contribution in [2.75, 3.05) is 19.8 Å². The Balaban J connectivity index is 1.69. The minimum atomic E-state index is -1.36. The molecule has 156 valence electrons. The Morgan fingerprint density at radius 2 is 1.90 bits per heavy atom. The lowest BCUT2D eigenvalue weighted by Gasteiger charge is -2.13. The van der Waals surface area contributed by atoms with E-state index in [1.54, 1.807) is 18.2 Å². The van der Waals surface area contributed by atoms with E-state index >= 15 is 0 Å². The SMILES string of the molecule is Cc1ccc(OCCN2C(=O)S/C(=C\c3cc(Br)ccc3OCC(=O)[O-])C2=O)cc1. The van der Waals surface area contributed by atoms with Gasteiger partial charge in [0.05, 0.1) is 17.4 Å². The van der Waals surface area contributed by atoms with Crippen LogP contribution in [0.1, 0.15) is 11.1 Å². The van der Waals surface area contributed by atoms with Gasteiger partial charge in [0.15, 0.2) is 0 Å². The van der Waals surface area contributed by atoms with Crippen LogP contribution in [0, 0.1) is 6.92 Å². The first-order chi connectivity index (χ1) is 14.3. The molecule has 7 nitrogen and oxygen atoms in total. The normalized spacial score (nSPS) is 15.0. The number of nitrogens with zero attached hydrogens (tertiary/aromatic N) is 1. The van der Waals surface area contributed by atoms with Gasteiger partial charge in [0.2, 0.25) is 0 Å². The minimum Gasteiger partial charge on any atom is -0.546 e. The largest absolute Gasteiger partial charge is 0.546 e. The van der Waals surface area contributed by atoms with Crippen LogP contribution in [-0.4, -0.2) is 41.8 Å². The predicted molar refractivity (Wildman–Crippen MR) is 114 cm³/mol. The van der Waals surface area contributed by atoms with Gasteiger partial charge in [0.1, 0.15) is 24.7 Å². The lowest BCUT2D eigenvalue weighted by Crippen LogP contribution is -2.32. The Hall–Kier alpha value is -2.78. The molecule has 0 radical (unpaired) electrons. The summed E-state index contributed by atoms with van der Waals surface area (Å²) in [6.07, 6.45) is 1.50. The maximum absolute atomic E-state index is 12.7. The van der Waals surface area contributed by atoms with E-state index in [-0.39, 0.29) is 23.8 Å². The number of hydrogen-bond donors (Lipinski definition) is 0. The maximum atomic E-state index is 12.7. The van der Waals surface area contributed by atoms with E-state index in [1.165, 1.54) is 6.08 Å². The molecule has 0 atom stereocenters. The molecule has 30 heavy (non-hydrogen) atoms. The number of hydrogen-bond acceptors (Lipinski definition) is 7. The number of carboxylic acid groups (broad SMARTS) is 1. The van der Waals surface area contributed by atoms with Crippen molar-refractivity contribution in [3.8, 4) is 11.5 Å². The van der Waals surface area contributed by atoms with Crippen LogP contribution in [0.4, 0.5) is 4.79 Å². The Morgan fingerprint density at radius 1 is 1.17 bits per heavy atom. The van der Waals surface area contributed by atoms with Gasteiger partial charge in [-0.05, 0) is 55.1 Å². The van der Waals surface area contributed by atoms with Crippen molar-refractivity contribution in [1.82, 2.24) is 4.90 Å². The molecule has 0 unspecified atom stereocenters. The lowest BCUT2D eigenvalue weighted by molar-refractivity contribution is -0.307. The molecule has 3 rings (SSSR count). The predicted octanol–water partition coefficient (Wildman–Crippen LogP) is 3.00. The molecule has 0 N–H and O–H groups in total. The van der Waals surface area contributed by atoms with E-state index in [9.17, 15) is 19.5 Å². The number of rotatable bonds is 8. The second-order valence-electron chi connectivity index (χ2n) is 6.34. The van der Waals surface area contributed by atoms with E-state index in [0.717, 1.165) is 22.2 Å². The van der Waals surface area contributed by atoms with Crippen molar-refractivity contribution in [3.63, 3.8) is 0 Å². The number of aryl methyl sites for hydroxylation is 1. The average molecular weight is 491 g/mol. The third-order valence-electron chi connectivity index (χ3n) is 4.08. The van der Waals surface area contributed by atoms with Gasteiger partial charge < -0.3 is 19.4 Å². The van der Waals surface area contributed by atoms with E-state index in [1.807, 2.05) is 31.2 Å². The maximum Gasteiger partial charge on any atom is 0.293 e. The number of amides is 2. The summed E-state index contributed by atoms with van der Waals surface area (Å²) in [5.74, 6) is -0.884. The number of ether oxygens (including phenoxy) is 2. The second kappa shape index (κ2) is 9.82. The van der Waals surface area contributed by atoms with Gasteiger partial charge in [-0.15, -0.1) is 0 Å². The fourth-order valence-corrected chi connectivity index (χ4v) is 3.86. The van der Waals surface area contributed by atoms with Crippen LogP contribution < -0.4 is 14.6 Å². The fourth-order valence-electron chi connectivity index (χ4n) is 2.62. The summed E-state index contributed by atoms with van der Waals surface area (Å²) in [6, 6.07) is 12.4. The molecule has 1 heterocycles. The number of imide groups is 1. The Bertz CT molecular complexity index is 1010. The monoisotopic (exact) mass is 490 g/mol. The zero-order chi connectivity index (χ0) is 21.7. The molecule has 1 aliphatic heterocycles. The van der Waals surface area contributed by atoms with Crippen LogP contribution in [0.15, 0.2) is 51.8 Å². The van der Waals surface area contributed by atoms with Crippen molar-refractivity contribution in [2.24, 2.45) is 0 Å². The molecule has 1 fully saturated rings. The van der Waals surface area contributed by atoms with Gasteiger partial charge in [-0.1, -0.05) is 33.6 Å². The first kappa shape index (κ1) is 21.9. The molecule has 0 saturated carbocycles. The summed E-state index contributed by atoms with van der Waals surface area (Å²) in [5.41, 5.74) is 1.57. The van der Waals surface area contributed by atoms with Crippen LogP contribution in [0.3, 0.4) is 0 Å². The molecule has 9 heteroatoms. The van der Waals surface area contributed by atoms with Gasteiger partial charge >= 0.3 is 0 Å². The Kier molecular flexibility index (Phi) is 7.17. The van der Waals surface area contributed by atoms with Gasteiger partial charge in [0.25, 0.3) is 11.1 Å². The second-order valence-corrected chi connectivity index (χ2v) is 8.25. The third kappa shape index (κ3) is 5.64. The zero-order valence-corrected chi connectivity index (χ0v) is 18.3. The molecule has 1 saturated heterocycles. The first-order valence-corrected chi connectivity index (χ1v) is 10.5. The quantitative estimate of drug-likeness (QED) is 0.524. The smallest absolute Gasteiger partial charge is 0.293 e. The molecule has 2 aromatic rings. The number of carbonyl (C=O) groups excluding carboxylic acids is 3. The standard InChI is InChI=1S/C21H18BrNO6S/c1-13-2-5-16(6-3-13)28-9-8-23-20(26)18(30-21(23)27)11-14-10-15(22)4-7-17(14)29-12-19(24)25/h2-7,10-11H,8-9,12H2,1H3,(H,24,25)/p-1/b18-11-. The first-order valence-electron chi connectivity index (χ1n) is 8.90. The molecule has 0 spiro atoms. The highest BCUT2D eigenvalue weighted by Crippen LogP contribution is 2.34. The molecule has 2 amide bonds. The summed E-state index contributed by atoms with van der Waals surface area (Å²) in [4.78, 5) is 37.0. The minimum absolute atomic E-state index is 0.114. The number of benzene rings is 2. The summed E-state index contributed by atoms with van der Waals surface area (Å²) < 4.78 is 11.5. The molecule has 0 bridgehead atoms. The third-order valence-corrected chi connectivity index (χ3v) is 5.48. The Labute approximate surface area is 185 Å². The fraction of sp³-hybridized carbons (Fsp3) is 0.190. The topological polar surface area (TPSA) is 96.0 Å². The van der Waals surface area contributed by atoms with E-state index in [2.05, 4.69) is 15.9 Å². The zero-order valence-electron chi connectivity index (χ0n) is 15.9. The highest BCUT2D eigenvalue weighted by molar-refractivity contribution is 9.10. The molecule has 0 aliphatic carbocycles. The molecule has 0 aromatic heterocycles. The van der Waals surface area contributed by atoms with Crippen molar-refractivity contribution < 1.29 is 29.0 Å². The highest BCUT2D eigenvalue weighted by Gasteiger charge is 2.35. The number of thioether (sulfide) groups is 1. The van der Waals surface area contributed by atoms with Crippen LogP contribution >= 0.6 is 27.7 Å². The molecular formula is C21H17BrNO6S-. The molecule has 1 aliphatic rings. The van der Waals surface area contributed by atoms with Gasteiger partial charge in [0, 0.05) is 10.0 Å². The van der Waals surface area contributed by atoms with Crippen molar-refractivity contribution in [1.29, 1.82) is 0 Å². The van der Waals surface area contributed by atoms with Crippen LogP contribution in [0.5, 0.6) is 11.5 Å². The van der Waals surface area contributed by atoms with Crippen LogP contribution in [0.25, 0.3) is 6.08 Å². The average Bonchev–Trinajstić information content (AvgIpc) is 2.96.